The van der Waals surface area contributed by atoms with Crippen molar-refractivity contribution in [2.75, 3.05) is 12.4 Å². The molecule has 0 spiro atoms. The van der Waals surface area contributed by atoms with Crippen LogP contribution in [0.25, 0.3) is 0 Å². The van der Waals surface area contributed by atoms with Crippen LogP contribution in [0.1, 0.15) is 32.3 Å². The molecule has 86 valence electrons. The monoisotopic (exact) mass is 219 g/mol. The van der Waals surface area contributed by atoms with E-state index < -0.39 is 0 Å². The summed E-state index contributed by atoms with van der Waals surface area (Å²) in [6, 6.07) is 0. The average Bonchev–Trinajstić information content (AvgIpc) is 2.28. The third kappa shape index (κ3) is 2.63. The molecule has 0 bridgehead atoms. The van der Waals surface area contributed by atoms with E-state index in [1.165, 1.54) is 6.33 Å². The first kappa shape index (κ1) is 12.3. The summed E-state index contributed by atoms with van der Waals surface area (Å²) in [6.45, 7) is 5.94. The number of terminal acetylenes is 1. The highest BCUT2D eigenvalue weighted by molar-refractivity contribution is 5.50. The van der Waals surface area contributed by atoms with Gasteiger partial charge in [-0.1, -0.05) is 19.8 Å². The van der Waals surface area contributed by atoms with Gasteiger partial charge in [0.25, 0.3) is 0 Å². The van der Waals surface area contributed by atoms with E-state index >= 15 is 0 Å². The summed E-state index contributed by atoms with van der Waals surface area (Å²) in [4.78, 5) is 8.29. The fraction of sp³-hybridized carbons (Fsp3) is 0.500. The molecule has 16 heavy (non-hydrogen) atoms. The molecule has 0 aliphatic heterocycles. The van der Waals surface area contributed by atoms with Crippen molar-refractivity contribution in [1.29, 1.82) is 0 Å². The molecule has 0 aliphatic carbocycles. The summed E-state index contributed by atoms with van der Waals surface area (Å²) in [5.74, 6) is 4.12. The van der Waals surface area contributed by atoms with Crippen LogP contribution in [-0.4, -0.2) is 23.1 Å². The molecule has 0 amide bonds. The van der Waals surface area contributed by atoms with Crippen LogP contribution < -0.4 is 10.1 Å². The van der Waals surface area contributed by atoms with Gasteiger partial charge < -0.3 is 10.1 Å². The van der Waals surface area contributed by atoms with E-state index in [9.17, 15) is 0 Å². The molecule has 1 aromatic rings. The van der Waals surface area contributed by atoms with Crippen LogP contribution in [0, 0.1) is 12.3 Å². The van der Waals surface area contributed by atoms with Crippen LogP contribution in [-0.2, 0) is 0 Å². The Bertz CT molecular complexity index is 396. The fourth-order valence-electron chi connectivity index (χ4n) is 1.39. The second-order valence-electron chi connectivity index (χ2n) is 3.77. The van der Waals surface area contributed by atoms with E-state index in [4.69, 9.17) is 11.2 Å². The van der Waals surface area contributed by atoms with Crippen LogP contribution in [0.15, 0.2) is 6.33 Å². The van der Waals surface area contributed by atoms with Crippen molar-refractivity contribution in [2.24, 2.45) is 0 Å². The molecule has 0 saturated carbocycles. The number of nitrogens with zero attached hydrogens (tertiary/aromatic N) is 2. The van der Waals surface area contributed by atoms with E-state index in [1.807, 2.05) is 14.0 Å². The van der Waals surface area contributed by atoms with Gasteiger partial charge in [0.15, 0.2) is 6.10 Å². The van der Waals surface area contributed by atoms with Gasteiger partial charge in [-0.2, -0.15) is 0 Å². The lowest BCUT2D eigenvalue weighted by Gasteiger charge is -2.16. The van der Waals surface area contributed by atoms with E-state index in [-0.39, 0.29) is 12.0 Å². The lowest BCUT2D eigenvalue weighted by Crippen LogP contribution is -2.13. The minimum atomic E-state index is -0.294. The number of anilines is 1. The van der Waals surface area contributed by atoms with Crippen molar-refractivity contribution in [2.45, 2.75) is 32.8 Å². The molecular weight excluding hydrogens is 202 g/mol. The molecular formula is C12H17N3O. The predicted molar refractivity (Wildman–Crippen MR) is 64.6 cm³/mol. The van der Waals surface area contributed by atoms with Gasteiger partial charge in [0.1, 0.15) is 12.1 Å². The third-order valence-corrected chi connectivity index (χ3v) is 2.18. The number of ether oxygens (including phenoxy) is 1. The fourth-order valence-corrected chi connectivity index (χ4v) is 1.39. The van der Waals surface area contributed by atoms with Gasteiger partial charge in [0.05, 0.1) is 5.56 Å². The Balaban J connectivity index is 3.13. The Morgan fingerprint density at radius 3 is 2.56 bits per heavy atom. The van der Waals surface area contributed by atoms with Crippen molar-refractivity contribution in [3.63, 3.8) is 0 Å². The van der Waals surface area contributed by atoms with Gasteiger partial charge in [0, 0.05) is 7.05 Å². The number of hydrogen-bond donors (Lipinski definition) is 1. The van der Waals surface area contributed by atoms with Crippen LogP contribution in [0.4, 0.5) is 5.82 Å². The van der Waals surface area contributed by atoms with Gasteiger partial charge in [-0.15, -0.1) is 6.42 Å². The molecule has 1 atom stereocenters. The Hall–Kier alpha value is -1.76. The van der Waals surface area contributed by atoms with Crippen molar-refractivity contribution in [1.82, 2.24) is 9.97 Å². The molecule has 0 radical (unpaired) electrons. The lowest BCUT2D eigenvalue weighted by molar-refractivity contribution is 0.263. The first-order valence-electron chi connectivity index (χ1n) is 5.25. The van der Waals surface area contributed by atoms with Crippen LogP contribution in [0.5, 0.6) is 5.88 Å². The summed E-state index contributed by atoms with van der Waals surface area (Å²) in [6.07, 6.45) is 6.46. The minimum Gasteiger partial charge on any atom is -0.461 e. The van der Waals surface area contributed by atoms with Crippen LogP contribution >= 0.6 is 0 Å². The number of rotatable bonds is 4. The zero-order valence-corrected chi connectivity index (χ0v) is 10.1. The Labute approximate surface area is 96.5 Å². The summed E-state index contributed by atoms with van der Waals surface area (Å²) in [5.41, 5.74) is 0.951. The number of hydrogen-bond acceptors (Lipinski definition) is 4. The van der Waals surface area contributed by atoms with Crippen molar-refractivity contribution in [3.8, 4) is 18.2 Å². The van der Waals surface area contributed by atoms with Crippen LogP contribution in [0.2, 0.25) is 0 Å². The minimum absolute atomic E-state index is 0.267. The molecule has 1 heterocycles. The molecule has 0 aromatic carbocycles. The summed E-state index contributed by atoms with van der Waals surface area (Å²) < 4.78 is 5.57. The first-order valence-corrected chi connectivity index (χ1v) is 5.25. The highest BCUT2D eigenvalue weighted by atomic mass is 16.5. The summed E-state index contributed by atoms with van der Waals surface area (Å²) >= 11 is 0. The van der Waals surface area contributed by atoms with Crippen LogP contribution in [0.3, 0.4) is 0 Å². The summed E-state index contributed by atoms with van der Waals surface area (Å²) in [7, 11) is 1.82. The second-order valence-corrected chi connectivity index (χ2v) is 3.77. The molecule has 0 saturated heterocycles. The molecule has 1 unspecified atom stereocenters. The van der Waals surface area contributed by atoms with E-state index in [1.54, 1.807) is 0 Å². The topological polar surface area (TPSA) is 47.0 Å². The first-order chi connectivity index (χ1) is 7.60. The van der Waals surface area contributed by atoms with Gasteiger partial charge in [-0.25, -0.2) is 9.97 Å². The zero-order valence-electron chi connectivity index (χ0n) is 10.1. The molecule has 1 N–H and O–H groups in total. The number of nitrogens with one attached hydrogen (secondary N) is 1. The molecule has 4 heteroatoms. The Kier molecular flexibility index (Phi) is 4.12. The van der Waals surface area contributed by atoms with E-state index in [0.717, 1.165) is 11.4 Å². The second kappa shape index (κ2) is 5.36. The number of aromatic nitrogens is 2. The van der Waals surface area contributed by atoms with E-state index in [0.29, 0.717) is 5.88 Å². The molecule has 0 aliphatic rings. The van der Waals surface area contributed by atoms with Gasteiger partial charge in [-0.05, 0) is 12.8 Å². The molecule has 4 nitrogen and oxygen atoms in total. The van der Waals surface area contributed by atoms with Gasteiger partial charge >= 0.3 is 0 Å². The summed E-state index contributed by atoms with van der Waals surface area (Å²) in [5, 5.41) is 3.03. The maximum atomic E-state index is 5.57. The van der Waals surface area contributed by atoms with E-state index in [2.05, 4.69) is 35.1 Å². The van der Waals surface area contributed by atoms with Crippen molar-refractivity contribution in [3.05, 3.63) is 11.9 Å². The Morgan fingerprint density at radius 1 is 1.38 bits per heavy atom. The molecule has 0 fully saturated rings. The van der Waals surface area contributed by atoms with Gasteiger partial charge in [0.2, 0.25) is 5.88 Å². The lowest BCUT2D eigenvalue weighted by atomic mass is 10.1. The third-order valence-electron chi connectivity index (χ3n) is 2.18. The predicted octanol–water partition coefficient (Wildman–Crippen LogP) is 2.04. The highest BCUT2D eigenvalue weighted by Crippen LogP contribution is 2.30. The van der Waals surface area contributed by atoms with Gasteiger partial charge in [-0.3, -0.25) is 0 Å². The SMILES string of the molecule is C#CC(C)Oc1ncnc(NC)c1C(C)C. The molecule has 1 rings (SSSR count). The maximum absolute atomic E-state index is 5.57. The van der Waals surface area contributed by atoms with Crippen molar-refractivity contribution >= 4 is 5.82 Å². The maximum Gasteiger partial charge on any atom is 0.223 e. The quantitative estimate of drug-likeness (QED) is 0.787. The standard InChI is InChI=1S/C12H17N3O/c1-6-9(4)16-12-10(8(2)3)11(13-5)14-7-15-12/h1,7-9H,2-5H3,(H,13,14,15). The largest absolute Gasteiger partial charge is 0.461 e. The Morgan fingerprint density at radius 2 is 2.06 bits per heavy atom. The van der Waals surface area contributed by atoms with Crippen molar-refractivity contribution < 1.29 is 4.74 Å². The normalized spacial score (nSPS) is 12.0. The smallest absolute Gasteiger partial charge is 0.223 e. The average molecular weight is 219 g/mol. The molecule has 1 aromatic heterocycles. The highest BCUT2D eigenvalue weighted by Gasteiger charge is 2.16. The zero-order chi connectivity index (χ0) is 12.1.